The van der Waals surface area contributed by atoms with Gasteiger partial charge in [0.1, 0.15) is 5.75 Å². The molecule has 1 aromatic carbocycles. The van der Waals surface area contributed by atoms with E-state index in [1.165, 1.54) is 6.07 Å². The van der Waals surface area contributed by atoms with Crippen LogP contribution in [-0.2, 0) is 0 Å². The average molecular weight is 294 g/mol. The van der Waals surface area contributed by atoms with Crippen LogP contribution in [0.4, 0.5) is 13.2 Å². The molecule has 2 aromatic rings. The van der Waals surface area contributed by atoms with Crippen molar-refractivity contribution in [1.29, 1.82) is 0 Å². The van der Waals surface area contributed by atoms with Crippen molar-refractivity contribution in [3.63, 3.8) is 0 Å². The molecule has 1 heterocycles. The van der Waals surface area contributed by atoms with Gasteiger partial charge in [-0.25, -0.2) is 0 Å². The molecule has 2 nitrogen and oxygen atoms in total. The number of rotatable bonds is 2. The Kier molecular flexibility index (Phi) is 2.84. The molecule has 0 bridgehead atoms. The number of hydrogen-bond acceptors (Lipinski definition) is 1. The fourth-order valence-electron chi connectivity index (χ4n) is 1.32. The second-order valence-corrected chi connectivity index (χ2v) is 4.11. The lowest BCUT2D eigenvalue weighted by Gasteiger charge is -2.10. The van der Waals surface area contributed by atoms with Crippen LogP contribution in [0.1, 0.15) is 0 Å². The van der Waals surface area contributed by atoms with Crippen LogP contribution in [0, 0.1) is 0 Å². The number of halogens is 4. The normalized spacial score (nSPS) is 12.0. The zero-order valence-corrected chi connectivity index (χ0v) is 9.52. The van der Waals surface area contributed by atoms with Gasteiger partial charge in [-0.3, -0.25) is 0 Å². The van der Waals surface area contributed by atoms with Crippen molar-refractivity contribution in [1.82, 2.24) is 4.98 Å². The summed E-state index contributed by atoms with van der Waals surface area (Å²) in [5.74, 6) is 0.173. The minimum atomic E-state index is -4.33. The monoisotopic (exact) mass is 293 g/mol. The summed E-state index contributed by atoms with van der Waals surface area (Å²) in [6.07, 6.45) is -2.62. The number of alkyl halides is 3. The first-order chi connectivity index (χ1) is 7.46. The number of aromatic amines is 1. The van der Waals surface area contributed by atoms with E-state index in [1.807, 2.05) is 6.07 Å². The lowest BCUT2D eigenvalue weighted by Crippen LogP contribution is -2.19. The summed E-state index contributed by atoms with van der Waals surface area (Å²) >= 11 is 3.16. The molecule has 1 N–H and O–H groups in total. The quantitative estimate of drug-likeness (QED) is 0.893. The number of hydrogen-bond donors (Lipinski definition) is 1. The highest BCUT2D eigenvalue weighted by Gasteiger charge is 2.28. The van der Waals surface area contributed by atoms with Gasteiger partial charge in [0.2, 0.25) is 0 Å². The number of ether oxygens (including phenoxy) is 1. The maximum absolute atomic E-state index is 12.0. The lowest BCUT2D eigenvalue weighted by molar-refractivity contribution is -0.153. The van der Waals surface area contributed by atoms with Gasteiger partial charge in [0.25, 0.3) is 0 Å². The van der Waals surface area contributed by atoms with Gasteiger partial charge in [-0.2, -0.15) is 13.2 Å². The molecule has 0 fully saturated rings. The van der Waals surface area contributed by atoms with Gasteiger partial charge in [0, 0.05) is 23.2 Å². The van der Waals surface area contributed by atoms with Gasteiger partial charge in [0.15, 0.2) is 6.61 Å². The molecule has 6 heteroatoms. The summed E-state index contributed by atoms with van der Waals surface area (Å²) in [7, 11) is 0. The van der Waals surface area contributed by atoms with Crippen LogP contribution >= 0.6 is 15.9 Å². The maximum Gasteiger partial charge on any atom is 0.422 e. The molecule has 0 aliphatic rings. The molecule has 0 unspecified atom stereocenters. The van der Waals surface area contributed by atoms with E-state index in [1.54, 1.807) is 12.3 Å². The van der Waals surface area contributed by atoms with Crippen molar-refractivity contribution in [2.45, 2.75) is 6.18 Å². The van der Waals surface area contributed by atoms with E-state index in [2.05, 4.69) is 25.7 Å². The minimum Gasteiger partial charge on any atom is -0.483 e. The first-order valence-corrected chi connectivity index (χ1v) is 5.21. The molecule has 86 valence electrons. The van der Waals surface area contributed by atoms with Gasteiger partial charge in [-0.05, 0) is 28.1 Å². The van der Waals surface area contributed by atoms with Gasteiger partial charge < -0.3 is 9.72 Å². The molecular weight excluding hydrogens is 287 g/mol. The van der Waals surface area contributed by atoms with E-state index in [0.29, 0.717) is 4.47 Å². The zero-order chi connectivity index (χ0) is 11.8. The number of fused-ring (bicyclic) bond motifs is 1. The highest BCUT2D eigenvalue weighted by molar-refractivity contribution is 9.10. The van der Waals surface area contributed by atoms with Crippen LogP contribution in [0.2, 0.25) is 0 Å². The van der Waals surface area contributed by atoms with Crippen molar-refractivity contribution in [3.8, 4) is 5.75 Å². The average Bonchev–Trinajstić information content (AvgIpc) is 2.59. The fourth-order valence-corrected chi connectivity index (χ4v) is 1.80. The van der Waals surface area contributed by atoms with Crippen LogP contribution in [0.3, 0.4) is 0 Å². The molecule has 0 saturated carbocycles. The Labute approximate surface area is 97.5 Å². The highest BCUT2D eigenvalue weighted by Crippen LogP contribution is 2.31. The third kappa shape index (κ3) is 2.49. The SMILES string of the molecule is FC(F)(F)COc1cc2[nH]ccc2cc1Br. The van der Waals surface area contributed by atoms with E-state index in [-0.39, 0.29) is 5.75 Å². The molecular formula is C10H7BrF3NO. The fraction of sp³-hybridized carbons (Fsp3) is 0.200. The van der Waals surface area contributed by atoms with E-state index in [9.17, 15) is 13.2 Å². The molecule has 16 heavy (non-hydrogen) atoms. The Bertz CT molecular complexity index is 506. The minimum absolute atomic E-state index is 0.173. The van der Waals surface area contributed by atoms with E-state index in [4.69, 9.17) is 0 Å². The summed E-state index contributed by atoms with van der Waals surface area (Å²) in [5.41, 5.74) is 0.736. The Morgan fingerprint density at radius 2 is 2.06 bits per heavy atom. The number of benzene rings is 1. The highest BCUT2D eigenvalue weighted by atomic mass is 79.9. The predicted octanol–water partition coefficient (Wildman–Crippen LogP) is 3.87. The summed E-state index contributed by atoms with van der Waals surface area (Å²) in [4.78, 5) is 2.90. The second-order valence-electron chi connectivity index (χ2n) is 3.25. The molecule has 0 radical (unpaired) electrons. The molecule has 0 saturated heterocycles. The van der Waals surface area contributed by atoms with E-state index in [0.717, 1.165) is 10.9 Å². The predicted molar refractivity (Wildman–Crippen MR) is 57.5 cm³/mol. The molecule has 0 spiro atoms. The molecule has 0 atom stereocenters. The molecule has 2 rings (SSSR count). The zero-order valence-electron chi connectivity index (χ0n) is 7.94. The van der Waals surface area contributed by atoms with E-state index >= 15 is 0 Å². The van der Waals surface area contributed by atoms with Crippen LogP contribution in [0.5, 0.6) is 5.75 Å². The largest absolute Gasteiger partial charge is 0.483 e. The van der Waals surface area contributed by atoms with Crippen LogP contribution < -0.4 is 4.74 Å². The molecule has 0 aliphatic heterocycles. The summed E-state index contributed by atoms with van der Waals surface area (Å²) < 4.78 is 41.1. The molecule has 0 aliphatic carbocycles. The van der Waals surface area contributed by atoms with Crippen molar-refractivity contribution >= 4 is 26.8 Å². The number of nitrogens with one attached hydrogen (secondary N) is 1. The maximum atomic E-state index is 12.0. The Morgan fingerprint density at radius 1 is 1.31 bits per heavy atom. The lowest BCUT2D eigenvalue weighted by atomic mass is 10.2. The van der Waals surface area contributed by atoms with Crippen LogP contribution in [0.15, 0.2) is 28.9 Å². The topological polar surface area (TPSA) is 25.0 Å². The van der Waals surface area contributed by atoms with Gasteiger partial charge in [0.05, 0.1) is 4.47 Å². The second kappa shape index (κ2) is 4.01. The number of aromatic nitrogens is 1. The van der Waals surface area contributed by atoms with Gasteiger partial charge in [-0.15, -0.1) is 0 Å². The Hall–Kier alpha value is -1.17. The summed E-state index contributed by atoms with van der Waals surface area (Å²) in [6.45, 7) is -1.29. The standard InChI is InChI=1S/C10H7BrF3NO/c11-7-3-6-1-2-15-8(6)4-9(7)16-5-10(12,13)14/h1-4,15H,5H2. The smallest absolute Gasteiger partial charge is 0.422 e. The summed E-state index contributed by atoms with van der Waals surface area (Å²) in [6, 6.07) is 5.07. The Morgan fingerprint density at radius 3 is 2.75 bits per heavy atom. The summed E-state index contributed by atoms with van der Waals surface area (Å²) in [5, 5.41) is 0.909. The van der Waals surface area contributed by atoms with Crippen molar-refractivity contribution in [2.75, 3.05) is 6.61 Å². The first-order valence-electron chi connectivity index (χ1n) is 4.42. The van der Waals surface area contributed by atoms with Crippen LogP contribution in [-0.4, -0.2) is 17.8 Å². The van der Waals surface area contributed by atoms with Crippen molar-refractivity contribution in [3.05, 3.63) is 28.9 Å². The third-order valence-corrected chi connectivity index (χ3v) is 2.62. The van der Waals surface area contributed by atoms with Crippen molar-refractivity contribution in [2.24, 2.45) is 0 Å². The van der Waals surface area contributed by atoms with E-state index < -0.39 is 12.8 Å². The van der Waals surface area contributed by atoms with Crippen LogP contribution in [0.25, 0.3) is 10.9 Å². The Balaban J connectivity index is 2.26. The molecule has 0 amide bonds. The van der Waals surface area contributed by atoms with Crippen molar-refractivity contribution < 1.29 is 17.9 Å². The molecule has 1 aromatic heterocycles. The van der Waals surface area contributed by atoms with Gasteiger partial charge in [-0.1, -0.05) is 0 Å². The van der Waals surface area contributed by atoms with Gasteiger partial charge >= 0.3 is 6.18 Å². The number of H-pyrrole nitrogens is 1. The third-order valence-electron chi connectivity index (χ3n) is 2.00. The first kappa shape index (κ1) is 11.3.